The van der Waals surface area contributed by atoms with Crippen LogP contribution in [0.3, 0.4) is 0 Å². The number of hydrogen-bond acceptors (Lipinski definition) is 6. The minimum absolute atomic E-state index is 0.0502. The molecule has 7 heteroatoms. The predicted octanol–water partition coefficient (Wildman–Crippen LogP) is 4.03. The van der Waals surface area contributed by atoms with Gasteiger partial charge in [-0.15, -0.1) is 0 Å². The van der Waals surface area contributed by atoms with Crippen LogP contribution in [0.4, 0.5) is 5.82 Å². The summed E-state index contributed by atoms with van der Waals surface area (Å²) in [5.41, 5.74) is 0.996. The molecule has 0 fully saturated rings. The number of carboxylic acids is 1. The van der Waals surface area contributed by atoms with Crippen molar-refractivity contribution in [3.63, 3.8) is 0 Å². The van der Waals surface area contributed by atoms with Gasteiger partial charge in [0.2, 0.25) is 5.76 Å². The van der Waals surface area contributed by atoms with Crippen molar-refractivity contribution in [3.05, 3.63) is 35.4 Å². The second-order valence-electron chi connectivity index (χ2n) is 5.87. The molecule has 0 saturated heterocycles. The summed E-state index contributed by atoms with van der Waals surface area (Å²) in [6.07, 6.45) is 1.05. The maximum atomic E-state index is 10.9. The smallest absolute Gasteiger partial charge is 0.371 e. The van der Waals surface area contributed by atoms with Crippen LogP contribution < -0.4 is 4.90 Å². The molecule has 130 valence electrons. The molecular weight excluding hydrogens is 326 g/mol. The number of aromatic nitrogens is 2. The van der Waals surface area contributed by atoms with Crippen LogP contribution in [0.25, 0.3) is 0 Å². The fourth-order valence-corrected chi connectivity index (χ4v) is 2.90. The molecule has 24 heavy (non-hydrogen) atoms. The molecule has 0 aliphatic heterocycles. The molecule has 1 N–H and O–H groups in total. The average Bonchev–Trinajstić information content (AvgIpc) is 3.02. The zero-order valence-electron chi connectivity index (χ0n) is 14.4. The van der Waals surface area contributed by atoms with Gasteiger partial charge in [-0.05, 0) is 24.5 Å². The Hall–Kier alpha value is -2.02. The summed E-state index contributed by atoms with van der Waals surface area (Å²) < 4.78 is 5.27. The first-order valence-electron chi connectivity index (χ1n) is 7.95. The molecule has 0 amide bonds. The summed E-state index contributed by atoms with van der Waals surface area (Å²) >= 11 is 1.44. The molecule has 0 saturated carbocycles. The highest BCUT2D eigenvalue weighted by molar-refractivity contribution is 7.98. The van der Waals surface area contributed by atoms with E-state index in [2.05, 4.69) is 35.6 Å². The highest BCUT2D eigenvalue weighted by Gasteiger charge is 2.13. The van der Waals surface area contributed by atoms with Gasteiger partial charge in [-0.25, -0.2) is 14.8 Å². The van der Waals surface area contributed by atoms with E-state index in [9.17, 15) is 4.79 Å². The summed E-state index contributed by atoms with van der Waals surface area (Å²) in [6.45, 7) is 7.27. The van der Waals surface area contributed by atoms with E-state index >= 15 is 0 Å². The van der Waals surface area contributed by atoms with Crippen LogP contribution in [0.1, 0.15) is 55.1 Å². The van der Waals surface area contributed by atoms with Crippen LogP contribution in [0.5, 0.6) is 0 Å². The highest BCUT2D eigenvalue weighted by Crippen LogP contribution is 2.26. The topological polar surface area (TPSA) is 79.5 Å². The van der Waals surface area contributed by atoms with Crippen molar-refractivity contribution in [2.45, 2.75) is 44.0 Å². The molecule has 0 aliphatic carbocycles. The summed E-state index contributed by atoms with van der Waals surface area (Å²) in [5.74, 6) is 1.19. The largest absolute Gasteiger partial charge is 0.475 e. The quantitative estimate of drug-likeness (QED) is 0.569. The number of furan rings is 1. The van der Waals surface area contributed by atoms with Crippen LogP contribution >= 0.6 is 11.8 Å². The minimum Gasteiger partial charge on any atom is -0.475 e. The van der Waals surface area contributed by atoms with Gasteiger partial charge in [0.05, 0.1) is 5.75 Å². The van der Waals surface area contributed by atoms with Crippen LogP contribution in [0.15, 0.2) is 27.8 Å². The first kappa shape index (κ1) is 18.3. The second-order valence-corrected chi connectivity index (χ2v) is 6.81. The van der Waals surface area contributed by atoms with E-state index in [0.717, 1.165) is 24.5 Å². The van der Waals surface area contributed by atoms with Crippen molar-refractivity contribution >= 4 is 23.5 Å². The molecule has 2 heterocycles. The normalized spacial score (nSPS) is 11.0. The number of anilines is 1. The number of thioether (sulfide) groups is 1. The first-order chi connectivity index (χ1) is 11.4. The van der Waals surface area contributed by atoms with Crippen LogP contribution in [0, 0.1) is 0 Å². The Labute approximate surface area is 146 Å². The van der Waals surface area contributed by atoms with Crippen molar-refractivity contribution < 1.29 is 14.3 Å². The molecule has 2 aromatic heterocycles. The summed E-state index contributed by atoms with van der Waals surface area (Å²) in [5, 5.41) is 9.57. The van der Waals surface area contributed by atoms with Gasteiger partial charge in [0.15, 0.2) is 5.16 Å². The zero-order valence-corrected chi connectivity index (χ0v) is 15.3. The van der Waals surface area contributed by atoms with Crippen molar-refractivity contribution in [3.8, 4) is 0 Å². The Morgan fingerprint density at radius 2 is 2.12 bits per heavy atom. The molecule has 0 atom stereocenters. The third-order valence-electron chi connectivity index (χ3n) is 3.47. The van der Waals surface area contributed by atoms with Crippen molar-refractivity contribution in [2.75, 3.05) is 18.5 Å². The van der Waals surface area contributed by atoms with Gasteiger partial charge in [0.25, 0.3) is 0 Å². The highest BCUT2D eigenvalue weighted by atomic mass is 32.2. The van der Waals surface area contributed by atoms with Crippen LogP contribution in [0.2, 0.25) is 0 Å². The summed E-state index contributed by atoms with van der Waals surface area (Å²) in [6, 6.07) is 5.16. The number of carboxylic acid groups (broad SMARTS) is 1. The Morgan fingerprint density at radius 1 is 1.38 bits per heavy atom. The Balaban J connectivity index is 2.16. The molecule has 0 aromatic carbocycles. The van der Waals surface area contributed by atoms with Gasteiger partial charge in [-0.2, -0.15) is 0 Å². The van der Waals surface area contributed by atoms with Crippen LogP contribution in [-0.2, 0) is 5.75 Å². The van der Waals surface area contributed by atoms with Crippen molar-refractivity contribution in [1.29, 1.82) is 0 Å². The SMILES string of the molecule is CCCN(C)c1cc(C(C)C)nc(SCc2ccc(C(=O)O)o2)n1. The molecule has 6 nitrogen and oxygen atoms in total. The fraction of sp³-hybridized carbons (Fsp3) is 0.471. The van der Waals surface area contributed by atoms with Gasteiger partial charge in [0.1, 0.15) is 11.6 Å². The predicted molar refractivity (Wildman–Crippen MR) is 94.9 cm³/mol. The van der Waals surface area contributed by atoms with E-state index < -0.39 is 5.97 Å². The number of hydrogen-bond donors (Lipinski definition) is 1. The van der Waals surface area contributed by atoms with E-state index in [4.69, 9.17) is 9.52 Å². The van der Waals surface area contributed by atoms with Gasteiger partial charge < -0.3 is 14.4 Å². The average molecular weight is 349 g/mol. The van der Waals surface area contributed by atoms with E-state index in [1.807, 2.05) is 13.1 Å². The third-order valence-corrected chi connectivity index (χ3v) is 4.34. The van der Waals surface area contributed by atoms with Gasteiger partial charge >= 0.3 is 5.97 Å². The maximum Gasteiger partial charge on any atom is 0.371 e. The zero-order chi connectivity index (χ0) is 17.7. The van der Waals surface area contributed by atoms with Crippen LogP contribution in [-0.4, -0.2) is 34.6 Å². The Bertz CT molecular complexity index is 700. The van der Waals surface area contributed by atoms with E-state index in [1.165, 1.54) is 17.8 Å². The minimum atomic E-state index is -1.06. The fourth-order valence-electron chi connectivity index (χ4n) is 2.14. The standard InChI is InChI=1S/C17H23N3O3S/c1-5-8-20(4)15-9-13(11(2)3)18-17(19-15)24-10-12-6-7-14(23-12)16(21)22/h6-7,9,11H,5,8,10H2,1-4H3,(H,21,22). The van der Waals surface area contributed by atoms with Crippen molar-refractivity contribution in [1.82, 2.24) is 9.97 Å². The lowest BCUT2D eigenvalue weighted by Gasteiger charge is -2.19. The lowest BCUT2D eigenvalue weighted by molar-refractivity contribution is 0.0661. The second kappa shape index (κ2) is 8.19. The number of nitrogens with zero attached hydrogens (tertiary/aromatic N) is 3. The maximum absolute atomic E-state index is 10.9. The van der Waals surface area contributed by atoms with E-state index in [-0.39, 0.29) is 5.76 Å². The molecule has 0 radical (unpaired) electrons. The van der Waals surface area contributed by atoms with Gasteiger partial charge in [-0.3, -0.25) is 0 Å². The van der Waals surface area contributed by atoms with E-state index in [1.54, 1.807) is 6.07 Å². The number of carbonyl (C=O) groups is 1. The molecule has 2 aromatic rings. The van der Waals surface area contributed by atoms with Crippen molar-refractivity contribution in [2.24, 2.45) is 0 Å². The molecule has 0 bridgehead atoms. The van der Waals surface area contributed by atoms with Gasteiger partial charge in [0, 0.05) is 25.4 Å². The third kappa shape index (κ3) is 4.74. The Morgan fingerprint density at radius 3 is 2.71 bits per heavy atom. The lowest BCUT2D eigenvalue weighted by Crippen LogP contribution is -2.20. The lowest BCUT2D eigenvalue weighted by atomic mass is 10.1. The summed E-state index contributed by atoms with van der Waals surface area (Å²) in [7, 11) is 2.02. The number of rotatable bonds is 8. The first-order valence-corrected chi connectivity index (χ1v) is 8.94. The van der Waals surface area contributed by atoms with E-state index in [0.29, 0.717) is 22.6 Å². The molecule has 0 aliphatic rings. The van der Waals surface area contributed by atoms with Gasteiger partial charge in [-0.1, -0.05) is 32.5 Å². The molecule has 0 spiro atoms. The Kier molecular flexibility index (Phi) is 6.25. The molecular formula is C17H23N3O3S. The monoisotopic (exact) mass is 349 g/mol. The molecule has 0 unspecified atom stereocenters. The number of aromatic carboxylic acids is 1. The summed E-state index contributed by atoms with van der Waals surface area (Å²) in [4.78, 5) is 22.2. The molecule has 2 rings (SSSR count).